The van der Waals surface area contributed by atoms with Crippen LogP contribution in [0.5, 0.6) is 0 Å². The summed E-state index contributed by atoms with van der Waals surface area (Å²) in [6.45, 7) is 3.56. The molecule has 9 nitrogen and oxygen atoms in total. The maximum Gasteiger partial charge on any atom is 0.323 e. The Kier molecular flexibility index (Phi) is 5.20. The second-order valence-electron chi connectivity index (χ2n) is 5.66. The van der Waals surface area contributed by atoms with Gasteiger partial charge in [0, 0.05) is 12.0 Å². The van der Waals surface area contributed by atoms with E-state index in [1.165, 1.54) is 0 Å². The molecule has 126 valence electrons. The molecular weight excluding hydrogens is 302 g/mol. The van der Waals surface area contributed by atoms with Crippen molar-refractivity contribution in [2.45, 2.75) is 45.6 Å². The van der Waals surface area contributed by atoms with Crippen LogP contribution in [-0.2, 0) is 4.79 Å². The zero-order valence-corrected chi connectivity index (χ0v) is 13.1. The van der Waals surface area contributed by atoms with Gasteiger partial charge in [0.05, 0.1) is 5.69 Å². The summed E-state index contributed by atoms with van der Waals surface area (Å²) in [6.07, 6.45) is 2.46. The molecule has 1 saturated carbocycles. The van der Waals surface area contributed by atoms with Crippen molar-refractivity contribution in [3.05, 3.63) is 11.5 Å². The van der Waals surface area contributed by atoms with Gasteiger partial charge in [0.1, 0.15) is 5.76 Å². The van der Waals surface area contributed by atoms with Crippen LogP contribution in [-0.4, -0.2) is 29.0 Å². The molecule has 1 aliphatic carbocycles. The Balaban J connectivity index is 1.76. The highest BCUT2D eigenvalue weighted by atomic mass is 16.4. The number of nitrogens with zero attached hydrogens (tertiary/aromatic N) is 1. The van der Waals surface area contributed by atoms with Crippen molar-refractivity contribution in [2.75, 3.05) is 5.32 Å². The van der Waals surface area contributed by atoms with Gasteiger partial charge in [-0.15, -0.1) is 0 Å². The summed E-state index contributed by atoms with van der Waals surface area (Å²) in [7, 11) is 0. The average Bonchev–Trinajstić information content (AvgIpc) is 2.76. The number of aromatic nitrogens is 1. The summed E-state index contributed by atoms with van der Waals surface area (Å²) in [4.78, 5) is 38.3. The summed E-state index contributed by atoms with van der Waals surface area (Å²) >= 11 is 0. The molecule has 23 heavy (non-hydrogen) atoms. The minimum atomic E-state index is -0.842. The topological polar surface area (TPSA) is 139 Å². The van der Waals surface area contributed by atoms with Gasteiger partial charge < -0.3 is 15.5 Å². The quantitative estimate of drug-likeness (QED) is 0.661. The fraction of sp³-hybridized carbons (Fsp3) is 0.571. The minimum Gasteiger partial charge on any atom is -0.428 e. The highest BCUT2D eigenvalue weighted by molar-refractivity contribution is 5.94. The van der Waals surface area contributed by atoms with Gasteiger partial charge in [-0.25, -0.2) is 9.59 Å². The van der Waals surface area contributed by atoms with Crippen LogP contribution >= 0.6 is 0 Å². The van der Waals surface area contributed by atoms with Crippen LogP contribution in [0.4, 0.5) is 15.6 Å². The summed E-state index contributed by atoms with van der Waals surface area (Å²) in [5.74, 6) is 0.0491. The number of carbonyl (C=O) groups is 3. The number of hydrogen-bond donors (Lipinski definition) is 4. The zero-order chi connectivity index (χ0) is 17.0. The maximum absolute atomic E-state index is 11.9. The fourth-order valence-electron chi connectivity index (χ4n) is 2.57. The summed E-state index contributed by atoms with van der Waals surface area (Å²) in [5, 5.41) is 7.45. The third kappa shape index (κ3) is 4.70. The normalized spacial score (nSPS) is 20.6. The Hall–Kier alpha value is -2.58. The molecule has 0 atom stereocenters. The molecule has 1 heterocycles. The largest absolute Gasteiger partial charge is 0.428 e. The smallest absolute Gasteiger partial charge is 0.323 e. The van der Waals surface area contributed by atoms with Gasteiger partial charge >= 0.3 is 18.1 Å². The van der Waals surface area contributed by atoms with Crippen LogP contribution in [0, 0.1) is 19.8 Å². The van der Waals surface area contributed by atoms with Crippen LogP contribution in [0.3, 0.4) is 0 Å². The first-order valence-corrected chi connectivity index (χ1v) is 7.47. The zero-order valence-electron chi connectivity index (χ0n) is 13.1. The van der Waals surface area contributed by atoms with Crippen LogP contribution in [0.25, 0.3) is 0 Å². The van der Waals surface area contributed by atoms with E-state index in [1.54, 1.807) is 13.8 Å². The molecule has 2 rings (SSSR count). The molecule has 1 aromatic heterocycles. The van der Waals surface area contributed by atoms with Crippen LogP contribution in [0.1, 0.15) is 37.1 Å². The highest BCUT2D eigenvalue weighted by Gasteiger charge is 2.27. The highest BCUT2D eigenvalue weighted by Crippen LogP contribution is 2.24. The molecule has 5 N–H and O–H groups in total. The van der Waals surface area contributed by atoms with Crippen molar-refractivity contribution in [3.8, 4) is 0 Å². The number of oxazole rings is 1. The molecule has 1 aromatic rings. The third-order valence-electron chi connectivity index (χ3n) is 3.93. The Labute approximate surface area is 133 Å². The molecule has 0 radical (unpaired) electrons. The summed E-state index contributed by atoms with van der Waals surface area (Å²) in [6, 6.07) is -1.11. The molecule has 1 fully saturated rings. The van der Waals surface area contributed by atoms with E-state index < -0.39 is 12.1 Å². The van der Waals surface area contributed by atoms with Crippen LogP contribution < -0.4 is 21.7 Å². The van der Waals surface area contributed by atoms with Crippen molar-refractivity contribution >= 4 is 24.0 Å². The number of imide groups is 1. The Morgan fingerprint density at radius 2 is 1.83 bits per heavy atom. The second kappa shape index (κ2) is 7.12. The Morgan fingerprint density at radius 1 is 1.17 bits per heavy atom. The average molecular weight is 323 g/mol. The van der Waals surface area contributed by atoms with Gasteiger partial charge in [0.2, 0.25) is 5.91 Å². The van der Waals surface area contributed by atoms with E-state index in [-0.39, 0.29) is 23.9 Å². The van der Waals surface area contributed by atoms with Crippen molar-refractivity contribution < 1.29 is 18.8 Å². The maximum atomic E-state index is 11.9. The van der Waals surface area contributed by atoms with E-state index in [9.17, 15) is 14.4 Å². The monoisotopic (exact) mass is 323 g/mol. The van der Waals surface area contributed by atoms with E-state index in [0.29, 0.717) is 31.4 Å². The lowest BCUT2D eigenvalue weighted by Gasteiger charge is -2.27. The number of hydrogen-bond acceptors (Lipinski definition) is 5. The standard InChI is InChI=1S/C14H21N5O4/c1-7-8(2)23-14(16-7)19-13(22)17-10-5-3-9(4-6-10)11(20)18-12(15)21/h9-10H,3-6H2,1-2H3,(H3,15,18,20,21)(H2,16,17,19,22). The molecule has 0 bridgehead atoms. The lowest BCUT2D eigenvalue weighted by molar-refractivity contribution is -0.124. The van der Waals surface area contributed by atoms with Gasteiger partial charge in [-0.1, -0.05) is 0 Å². The van der Waals surface area contributed by atoms with Crippen molar-refractivity contribution in [1.29, 1.82) is 0 Å². The predicted molar refractivity (Wildman–Crippen MR) is 81.6 cm³/mol. The summed E-state index contributed by atoms with van der Waals surface area (Å²) < 4.78 is 5.28. The number of rotatable bonds is 3. The molecule has 9 heteroatoms. The number of primary amides is 1. The molecule has 0 unspecified atom stereocenters. The first-order chi connectivity index (χ1) is 10.8. The van der Waals surface area contributed by atoms with E-state index >= 15 is 0 Å². The molecular formula is C14H21N5O4. The Morgan fingerprint density at radius 3 is 2.35 bits per heavy atom. The number of carbonyl (C=O) groups excluding carboxylic acids is 3. The van der Waals surface area contributed by atoms with Gasteiger partial charge in [-0.05, 0) is 39.5 Å². The van der Waals surface area contributed by atoms with Gasteiger partial charge in [0.15, 0.2) is 0 Å². The summed E-state index contributed by atoms with van der Waals surface area (Å²) in [5.41, 5.74) is 5.65. The van der Waals surface area contributed by atoms with Crippen molar-refractivity contribution in [3.63, 3.8) is 0 Å². The van der Waals surface area contributed by atoms with Gasteiger partial charge in [-0.3, -0.25) is 15.4 Å². The van der Waals surface area contributed by atoms with Crippen LogP contribution in [0.2, 0.25) is 0 Å². The van der Waals surface area contributed by atoms with E-state index in [0.717, 1.165) is 5.69 Å². The number of aryl methyl sites for hydroxylation is 2. The molecule has 0 saturated heterocycles. The third-order valence-corrected chi connectivity index (χ3v) is 3.93. The Bertz CT molecular complexity index is 585. The minimum absolute atomic E-state index is 0.0372. The molecule has 0 aliphatic heterocycles. The second-order valence-corrected chi connectivity index (χ2v) is 5.66. The fourth-order valence-corrected chi connectivity index (χ4v) is 2.57. The molecule has 5 amide bonds. The van der Waals surface area contributed by atoms with Crippen molar-refractivity contribution in [1.82, 2.24) is 15.6 Å². The molecule has 0 spiro atoms. The van der Waals surface area contributed by atoms with E-state index in [2.05, 4.69) is 20.9 Å². The lowest BCUT2D eigenvalue weighted by Crippen LogP contribution is -2.44. The number of anilines is 1. The first kappa shape index (κ1) is 16.8. The first-order valence-electron chi connectivity index (χ1n) is 7.47. The molecule has 0 aromatic carbocycles. The van der Waals surface area contributed by atoms with Crippen molar-refractivity contribution in [2.24, 2.45) is 11.7 Å². The lowest BCUT2D eigenvalue weighted by atomic mass is 9.85. The number of nitrogens with two attached hydrogens (primary N) is 1. The van der Waals surface area contributed by atoms with Gasteiger partial charge in [-0.2, -0.15) is 4.98 Å². The van der Waals surface area contributed by atoms with Gasteiger partial charge in [0.25, 0.3) is 0 Å². The number of amides is 5. The van der Waals surface area contributed by atoms with E-state index in [4.69, 9.17) is 10.2 Å². The number of nitrogens with one attached hydrogen (secondary N) is 3. The van der Waals surface area contributed by atoms with Crippen LogP contribution in [0.15, 0.2) is 4.42 Å². The predicted octanol–water partition coefficient (Wildman–Crippen LogP) is 1.17. The molecule has 1 aliphatic rings. The SMILES string of the molecule is Cc1nc(NC(=O)NC2CCC(C(=O)NC(N)=O)CC2)oc1C. The number of urea groups is 2. The van der Waals surface area contributed by atoms with E-state index in [1.807, 2.05) is 0 Å².